The van der Waals surface area contributed by atoms with Crippen molar-refractivity contribution in [2.75, 3.05) is 13.1 Å². The normalized spacial score (nSPS) is 20.6. The molecule has 0 saturated carbocycles. The lowest BCUT2D eigenvalue weighted by Gasteiger charge is -2.24. The Labute approximate surface area is 171 Å². The number of thiol groups is 1. The van der Waals surface area contributed by atoms with Crippen LogP contribution < -0.4 is 5.32 Å². The smallest absolute Gasteiger partial charge is 0.243 e. The minimum absolute atomic E-state index is 0.0444. The van der Waals surface area contributed by atoms with Gasteiger partial charge in [-0.1, -0.05) is 30.3 Å². The van der Waals surface area contributed by atoms with Crippen LogP contribution in [0, 0.1) is 0 Å². The topological polar surface area (TPSA) is 62.3 Å². The van der Waals surface area contributed by atoms with Crippen molar-refractivity contribution < 1.29 is 8.42 Å². The molecule has 2 aromatic carbocycles. The Morgan fingerprint density at radius 3 is 2.61 bits per heavy atom. The van der Waals surface area contributed by atoms with Gasteiger partial charge in [0.05, 0.1) is 4.90 Å². The molecule has 1 fully saturated rings. The molecule has 1 aliphatic rings. The van der Waals surface area contributed by atoms with E-state index in [1.165, 1.54) is 0 Å². The van der Waals surface area contributed by atoms with E-state index in [1.807, 2.05) is 42.5 Å². The number of nitrogens with one attached hydrogen (secondary N) is 1. The van der Waals surface area contributed by atoms with Gasteiger partial charge in [-0.25, -0.2) is 8.42 Å². The minimum atomic E-state index is -3.57. The number of hydrogen-bond acceptors (Lipinski definition) is 5. The Kier molecular flexibility index (Phi) is 5.68. The molecule has 1 N–H and O–H groups in total. The third-order valence-electron chi connectivity index (χ3n) is 5.13. The standard InChI is InChI=1S/C21H23N3O2S2/c25-28(26,21-6-5-17-3-1-2-4-18(17)11-21)24-15-20(27)12-19(24)14-23-13-16-7-9-22-10-8-16/h1-11,19-20,23,27H,12-15H2/t19-,20+/m0/s1. The third kappa shape index (κ3) is 4.07. The molecule has 2 atom stereocenters. The van der Waals surface area contributed by atoms with E-state index in [-0.39, 0.29) is 11.3 Å². The van der Waals surface area contributed by atoms with Crippen molar-refractivity contribution in [3.05, 3.63) is 72.6 Å². The van der Waals surface area contributed by atoms with Gasteiger partial charge in [-0.05, 0) is 47.0 Å². The molecule has 4 rings (SSSR count). The van der Waals surface area contributed by atoms with Crippen molar-refractivity contribution >= 4 is 33.4 Å². The third-order valence-corrected chi connectivity index (χ3v) is 7.42. The summed E-state index contributed by atoms with van der Waals surface area (Å²) in [4.78, 5) is 4.36. The lowest BCUT2D eigenvalue weighted by atomic mass is 10.1. The molecule has 1 aromatic heterocycles. The van der Waals surface area contributed by atoms with Gasteiger partial charge in [-0.2, -0.15) is 16.9 Å². The highest BCUT2D eigenvalue weighted by Gasteiger charge is 2.38. The maximum atomic E-state index is 13.3. The second-order valence-corrected chi connectivity index (χ2v) is 9.73. The SMILES string of the molecule is O=S(=O)(c1ccc2ccccc2c1)N1C[C@H](S)C[C@H]1CNCc1ccncc1. The lowest BCUT2D eigenvalue weighted by Crippen LogP contribution is -2.41. The summed E-state index contributed by atoms with van der Waals surface area (Å²) >= 11 is 4.56. The van der Waals surface area contributed by atoms with Gasteiger partial charge in [-0.15, -0.1) is 0 Å². The van der Waals surface area contributed by atoms with Crippen LogP contribution in [-0.4, -0.2) is 42.1 Å². The quantitative estimate of drug-likeness (QED) is 0.610. The fraction of sp³-hybridized carbons (Fsp3) is 0.286. The molecule has 146 valence electrons. The van der Waals surface area contributed by atoms with E-state index in [0.717, 1.165) is 22.8 Å². The van der Waals surface area contributed by atoms with E-state index >= 15 is 0 Å². The van der Waals surface area contributed by atoms with Crippen LogP contribution in [-0.2, 0) is 16.6 Å². The van der Waals surface area contributed by atoms with E-state index in [4.69, 9.17) is 0 Å². The zero-order chi connectivity index (χ0) is 19.6. The van der Waals surface area contributed by atoms with Crippen molar-refractivity contribution in [1.29, 1.82) is 0 Å². The second kappa shape index (κ2) is 8.21. The Bertz CT molecular complexity index is 1060. The van der Waals surface area contributed by atoms with Gasteiger partial charge in [-0.3, -0.25) is 4.98 Å². The number of rotatable bonds is 6. The molecule has 2 heterocycles. The average molecular weight is 414 g/mol. The van der Waals surface area contributed by atoms with Crippen LogP contribution in [0.4, 0.5) is 0 Å². The number of benzene rings is 2. The van der Waals surface area contributed by atoms with Crippen LogP contribution >= 0.6 is 12.6 Å². The first-order valence-electron chi connectivity index (χ1n) is 9.32. The van der Waals surface area contributed by atoms with Crippen LogP contribution in [0.2, 0.25) is 0 Å². The number of nitrogens with zero attached hydrogens (tertiary/aromatic N) is 2. The predicted octanol–water partition coefficient (Wildman–Crippen LogP) is 3.09. The lowest BCUT2D eigenvalue weighted by molar-refractivity contribution is 0.371. The number of pyridine rings is 1. The summed E-state index contributed by atoms with van der Waals surface area (Å²) in [5.74, 6) is 0. The summed E-state index contributed by atoms with van der Waals surface area (Å²) in [6, 6.07) is 16.9. The highest BCUT2D eigenvalue weighted by molar-refractivity contribution is 7.89. The van der Waals surface area contributed by atoms with Gasteiger partial charge < -0.3 is 5.32 Å². The van der Waals surface area contributed by atoms with Crippen LogP contribution in [0.1, 0.15) is 12.0 Å². The molecule has 0 spiro atoms. The van der Waals surface area contributed by atoms with Crippen molar-refractivity contribution in [1.82, 2.24) is 14.6 Å². The Morgan fingerprint density at radius 1 is 1.07 bits per heavy atom. The molecule has 28 heavy (non-hydrogen) atoms. The predicted molar refractivity (Wildman–Crippen MR) is 115 cm³/mol. The summed E-state index contributed by atoms with van der Waals surface area (Å²) in [6.45, 7) is 1.70. The highest BCUT2D eigenvalue weighted by Crippen LogP contribution is 2.30. The van der Waals surface area contributed by atoms with Gasteiger partial charge in [0.25, 0.3) is 0 Å². The molecular formula is C21H23N3O2S2. The van der Waals surface area contributed by atoms with Gasteiger partial charge in [0.2, 0.25) is 10.0 Å². The molecule has 5 nitrogen and oxygen atoms in total. The zero-order valence-electron chi connectivity index (χ0n) is 15.4. The van der Waals surface area contributed by atoms with E-state index in [0.29, 0.717) is 24.5 Å². The molecule has 0 radical (unpaired) electrons. The molecular weight excluding hydrogens is 390 g/mol. The van der Waals surface area contributed by atoms with Crippen molar-refractivity contribution in [3.63, 3.8) is 0 Å². The number of aromatic nitrogens is 1. The first-order chi connectivity index (χ1) is 13.5. The second-order valence-electron chi connectivity index (χ2n) is 7.11. The maximum absolute atomic E-state index is 13.3. The molecule has 3 aromatic rings. The first-order valence-corrected chi connectivity index (χ1v) is 11.3. The largest absolute Gasteiger partial charge is 0.311 e. The molecule has 1 aliphatic heterocycles. The van der Waals surface area contributed by atoms with Crippen LogP contribution in [0.3, 0.4) is 0 Å². The Morgan fingerprint density at radius 2 is 1.82 bits per heavy atom. The summed E-state index contributed by atoms with van der Waals surface area (Å²) in [7, 11) is -3.57. The fourth-order valence-corrected chi connectivity index (χ4v) is 5.94. The molecule has 7 heteroatoms. The zero-order valence-corrected chi connectivity index (χ0v) is 17.1. The van der Waals surface area contributed by atoms with Crippen LogP contribution in [0.15, 0.2) is 71.9 Å². The van der Waals surface area contributed by atoms with Gasteiger partial charge in [0, 0.05) is 43.3 Å². The van der Waals surface area contributed by atoms with Crippen molar-refractivity contribution in [2.24, 2.45) is 0 Å². The van der Waals surface area contributed by atoms with E-state index in [1.54, 1.807) is 28.8 Å². The van der Waals surface area contributed by atoms with E-state index in [9.17, 15) is 8.42 Å². The van der Waals surface area contributed by atoms with Crippen LogP contribution in [0.5, 0.6) is 0 Å². The molecule has 0 unspecified atom stereocenters. The Balaban J connectivity index is 1.52. The van der Waals surface area contributed by atoms with Crippen molar-refractivity contribution in [2.45, 2.75) is 29.2 Å². The monoisotopic (exact) mass is 413 g/mol. The first kappa shape index (κ1) is 19.4. The number of hydrogen-bond donors (Lipinski definition) is 2. The van der Waals surface area contributed by atoms with Gasteiger partial charge >= 0.3 is 0 Å². The fourth-order valence-electron chi connectivity index (χ4n) is 3.69. The molecule has 0 bridgehead atoms. The Hall–Kier alpha value is -1.93. The molecule has 1 saturated heterocycles. The molecule has 0 amide bonds. The molecule has 0 aliphatic carbocycles. The van der Waals surface area contributed by atoms with E-state index in [2.05, 4.69) is 22.9 Å². The summed E-state index contributed by atoms with van der Waals surface area (Å²) < 4.78 is 28.3. The van der Waals surface area contributed by atoms with Gasteiger partial charge in [0.15, 0.2) is 0 Å². The van der Waals surface area contributed by atoms with Gasteiger partial charge in [0.1, 0.15) is 0 Å². The van der Waals surface area contributed by atoms with Crippen molar-refractivity contribution in [3.8, 4) is 0 Å². The number of fused-ring (bicyclic) bond motifs is 1. The van der Waals surface area contributed by atoms with Crippen LogP contribution in [0.25, 0.3) is 10.8 Å². The average Bonchev–Trinajstić information content (AvgIpc) is 3.10. The van der Waals surface area contributed by atoms with E-state index < -0.39 is 10.0 Å². The summed E-state index contributed by atoms with van der Waals surface area (Å²) in [5, 5.41) is 5.39. The summed E-state index contributed by atoms with van der Waals surface area (Å²) in [5.41, 5.74) is 1.12. The minimum Gasteiger partial charge on any atom is -0.311 e. The highest BCUT2D eigenvalue weighted by atomic mass is 32.2. The maximum Gasteiger partial charge on any atom is 0.243 e. The summed E-state index contributed by atoms with van der Waals surface area (Å²) in [6.07, 6.45) is 4.25. The number of sulfonamides is 1.